The van der Waals surface area contributed by atoms with Crippen LogP contribution in [0.5, 0.6) is 0 Å². The van der Waals surface area contributed by atoms with E-state index in [0.29, 0.717) is 35.8 Å². The van der Waals surface area contributed by atoms with Gasteiger partial charge in [0.2, 0.25) is 5.89 Å². The molecule has 2 heterocycles. The van der Waals surface area contributed by atoms with Gasteiger partial charge in [0.15, 0.2) is 0 Å². The summed E-state index contributed by atoms with van der Waals surface area (Å²) in [7, 11) is 0. The van der Waals surface area contributed by atoms with E-state index in [-0.39, 0.29) is 18.7 Å². The number of oxazole rings is 1. The van der Waals surface area contributed by atoms with Gasteiger partial charge in [0.25, 0.3) is 0 Å². The zero-order valence-corrected chi connectivity index (χ0v) is 14.7. The molecule has 1 aromatic carbocycles. The van der Waals surface area contributed by atoms with Gasteiger partial charge in [-0.2, -0.15) is 13.2 Å². The molecule has 3 rings (SSSR count). The molecule has 0 saturated heterocycles. The zero-order valence-electron chi connectivity index (χ0n) is 14.7. The van der Waals surface area contributed by atoms with Crippen LogP contribution in [0.25, 0.3) is 11.3 Å². The lowest BCUT2D eigenvalue weighted by molar-refractivity contribution is -0.137. The Morgan fingerprint density at radius 2 is 1.89 bits per heavy atom. The number of halogens is 3. The number of carbonyl (C=O) groups is 1. The zero-order chi connectivity index (χ0) is 20.0. The predicted molar refractivity (Wildman–Crippen MR) is 94.0 cm³/mol. The van der Waals surface area contributed by atoms with Gasteiger partial charge in [-0.15, -0.1) is 0 Å². The lowest BCUT2D eigenvalue weighted by Crippen LogP contribution is -2.23. The van der Waals surface area contributed by atoms with Crippen LogP contribution in [-0.4, -0.2) is 27.3 Å². The number of Topliss-reactive ketones (excluding diaryl/α,β-unsaturated/α-hetero) is 1. The lowest BCUT2D eigenvalue weighted by atomic mass is 10.1. The van der Waals surface area contributed by atoms with Gasteiger partial charge in [0, 0.05) is 17.7 Å². The Labute approximate surface area is 158 Å². The third kappa shape index (κ3) is 5.46. The monoisotopic (exact) mass is 390 g/mol. The highest BCUT2D eigenvalue weighted by molar-refractivity contribution is 5.80. The number of aryl methyl sites for hydroxylation is 1. The van der Waals surface area contributed by atoms with E-state index in [1.807, 2.05) is 0 Å². The third-order valence-electron chi connectivity index (χ3n) is 3.97. The van der Waals surface area contributed by atoms with Crippen LogP contribution < -0.4 is 5.32 Å². The van der Waals surface area contributed by atoms with Gasteiger partial charge in [0.05, 0.1) is 30.5 Å². The number of nitrogens with zero attached hydrogens (tertiary/aromatic N) is 3. The van der Waals surface area contributed by atoms with Gasteiger partial charge < -0.3 is 9.73 Å². The number of alkyl halides is 3. The van der Waals surface area contributed by atoms with Gasteiger partial charge in [0.1, 0.15) is 18.4 Å². The van der Waals surface area contributed by atoms with E-state index in [0.717, 1.165) is 12.1 Å². The minimum atomic E-state index is -4.38. The number of carbonyl (C=O) groups excluding carboxylic acids is 1. The first kappa shape index (κ1) is 19.7. The average Bonchev–Trinajstić information content (AvgIpc) is 3.19. The van der Waals surface area contributed by atoms with Crippen LogP contribution in [0.1, 0.15) is 23.6 Å². The summed E-state index contributed by atoms with van der Waals surface area (Å²) < 4.78 is 43.0. The summed E-state index contributed by atoms with van der Waals surface area (Å²) >= 11 is 0. The highest BCUT2D eigenvalue weighted by Gasteiger charge is 2.30. The first-order valence-electron chi connectivity index (χ1n) is 8.51. The number of hydrogen-bond acceptors (Lipinski definition) is 6. The maximum absolute atomic E-state index is 12.7. The Balaban J connectivity index is 1.53. The van der Waals surface area contributed by atoms with Crippen LogP contribution in [0.2, 0.25) is 0 Å². The van der Waals surface area contributed by atoms with Crippen molar-refractivity contribution in [2.45, 2.75) is 25.6 Å². The van der Waals surface area contributed by atoms with Crippen molar-refractivity contribution in [2.24, 2.45) is 0 Å². The van der Waals surface area contributed by atoms with E-state index in [1.54, 1.807) is 6.07 Å². The summed E-state index contributed by atoms with van der Waals surface area (Å²) in [5.41, 5.74) is 0.989. The summed E-state index contributed by atoms with van der Waals surface area (Å²) in [6.07, 6.45) is 0.645. The van der Waals surface area contributed by atoms with Crippen LogP contribution in [0.15, 0.2) is 53.5 Å². The normalized spacial score (nSPS) is 11.5. The largest absolute Gasteiger partial charge is 0.448 e. The molecule has 1 N–H and O–H groups in total. The van der Waals surface area contributed by atoms with Crippen LogP contribution in [0.4, 0.5) is 13.2 Å². The van der Waals surface area contributed by atoms with Crippen molar-refractivity contribution in [1.29, 1.82) is 0 Å². The van der Waals surface area contributed by atoms with Gasteiger partial charge in [-0.3, -0.25) is 4.79 Å². The average molecular weight is 390 g/mol. The molecule has 0 aliphatic rings. The Bertz CT molecular complexity index is 910. The molecular weight excluding hydrogens is 373 g/mol. The Morgan fingerprint density at radius 3 is 2.57 bits per heavy atom. The fourth-order valence-electron chi connectivity index (χ4n) is 2.53. The predicted octanol–water partition coefficient (Wildman–Crippen LogP) is 3.44. The van der Waals surface area contributed by atoms with Gasteiger partial charge >= 0.3 is 6.18 Å². The summed E-state index contributed by atoms with van der Waals surface area (Å²) in [5.74, 6) is 0.506. The number of rotatable bonds is 8. The first-order valence-corrected chi connectivity index (χ1v) is 8.51. The van der Waals surface area contributed by atoms with Crippen molar-refractivity contribution in [3.8, 4) is 11.3 Å². The van der Waals surface area contributed by atoms with E-state index >= 15 is 0 Å². The number of aromatic nitrogens is 3. The topological polar surface area (TPSA) is 80.9 Å². The van der Waals surface area contributed by atoms with Crippen LogP contribution >= 0.6 is 0 Å². The lowest BCUT2D eigenvalue weighted by Gasteiger charge is -2.08. The van der Waals surface area contributed by atoms with Crippen LogP contribution in [0.3, 0.4) is 0 Å². The quantitative estimate of drug-likeness (QED) is 0.635. The van der Waals surface area contributed by atoms with Crippen LogP contribution in [-0.2, 0) is 23.9 Å². The molecule has 9 heteroatoms. The fourth-order valence-corrected chi connectivity index (χ4v) is 2.53. The van der Waals surface area contributed by atoms with Crippen molar-refractivity contribution < 1.29 is 22.4 Å². The molecule has 2 aromatic heterocycles. The van der Waals surface area contributed by atoms with Crippen molar-refractivity contribution in [1.82, 2.24) is 20.3 Å². The van der Waals surface area contributed by atoms with Gasteiger partial charge in [-0.1, -0.05) is 12.1 Å². The molecule has 0 aliphatic heterocycles. The number of benzene rings is 1. The SMILES string of the molecule is O=C(CCc1cc(-c2ccc(C(F)(F)F)cc2)ncn1)CNCc1ncco1. The molecule has 0 amide bonds. The third-order valence-corrected chi connectivity index (χ3v) is 3.97. The maximum Gasteiger partial charge on any atom is 0.416 e. The Kier molecular flexibility index (Phi) is 6.15. The van der Waals surface area contributed by atoms with E-state index in [4.69, 9.17) is 4.42 Å². The van der Waals surface area contributed by atoms with E-state index < -0.39 is 11.7 Å². The molecule has 3 aromatic rings. The molecule has 0 saturated carbocycles. The summed E-state index contributed by atoms with van der Waals surface area (Å²) in [6, 6.07) is 6.44. The molecule has 0 spiro atoms. The first-order chi connectivity index (χ1) is 13.4. The fraction of sp³-hybridized carbons (Fsp3) is 0.263. The minimum Gasteiger partial charge on any atom is -0.448 e. The van der Waals surface area contributed by atoms with Crippen molar-refractivity contribution in [3.05, 3.63) is 66.3 Å². The Hall–Kier alpha value is -3.07. The molecule has 0 fully saturated rings. The molecular formula is C19H17F3N4O2. The van der Waals surface area contributed by atoms with Crippen LogP contribution in [0, 0.1) is 0 Å². The molecule has 6 nitrogen and oxygen atoms in total. The second-order valence-electron chi connectivity index (χ2n) is 6.04. The molecule has 28 heavy (non-hydrogen) atoms. The second kappa shape index (κ2) is 8.75. The molecule has 0 aliphatic carbocycles. The second-order valence-corrected chi connectivity index (χ2v) is 6.04. The van der Waals surface area contributed by atoms with Crippen molar-refractivity contribution >= 4 is 5.78 Å². The maximum atomic E-state index is 12.7. The van der Waals surface area contributed by atoms with Gasteiger partial charge in [-0.25, -0.2) is 15.0 Å². The highest BCUT2D eigenvalue weighted by atomic mass is 19.4. The molecule has 0 bridgehead atoms. The highest BCUT2D eigenvalue weighted by Crippen LogP contribution is 2.30. The Morgan fingerprint density at radius 1 is 1.11 bits per heavy atom. The van der Waals surface area contributed by atoms with Gasteiger partial charge in [-0.05, 0) is 24.6 Å². The molecule has 0 unspecified atom stereocenters. The summed E-state index contributed by atoms with van der Waals surface area (Å²) in [4.78, 5) is 24.1. The standard InChI is InChI=1S/C19H17F3N4O2/c20-19(21,22)14-3-1-13(2-4-14)17-9-15(25-12-26-17)5-6-16(27)10-23-11-18-24-7-8-28-18/h1-4,7-9,12,23H,5-6,10-11H2. The number of nitrogens with one attached hydrogen (secondary N) is 1. The minimum absolute atomic E-state index is 0.00116. The molecule has 0 atom stereocenters. The smallest absolute Gasteiger partial charge is 0.416 e. The van der Waals surface area contributed by atoms with E-state index in [9.17, 15) is 18.0 Å². The molecule has 146 valence electrons. The van der Waals surface area contributed by atoms with E-state index in [2.05, 4.69) is 20.3 Å². The summed E-state index contributed by atoms with van der Waals surface area (Å²) in [6.45, 7) is 0.545. The van der Waals surface area contributed by atoms with Crippen molar-refractivity contribution in [2.75, 3.05) is 6.54 Å². The molecule has 0 radical (unpaired) electrons. The van der Waals surface area contributed by atoms with E-state index in [1.165, 1.54) is 30.9 Å². The summed E-state index contributed by atoms with van der Waals surface area (Å²) in [5, 5.41) is 2.95. The number of hydrogen-bond donors (Lipinski definition) is 1. The van der Waals surface area contributed by atoms with Crippen molar-refractivity contribution in [3.63, 3.8) is 0 Å². The number of ketones is 1.